The molecule has 0 spiro atoms. The van der Waals surface area contributed by atoms with Crippen molar-refractivity contribution < 1.29 is 13.9 Å². The number of nitrogens with one attached hydrogen (secondary N) is 1. The number of aromatic nitrogens is 1. The molecule has 0 saturated heterocycles. The number of unbranched alkanes of at least 4 members (excludes halogenated alkanes) is 2. The third-order valence-electron chi connectivity index (χ3n) is 5.50. The van der Waals surface area contributed by atoms with Gasteiger partial charge in [0, 0.05) is 24.7 Å². The molecule has 2 aromatic heterocycles. The topological polar surface area (TPSA) is 82.5 Å². The molecule has 1 unspecified atom stereocenters. The van der Waals surface area contributed by atoms with E-state index in [0.717, 1.165) is 77.9 Å². The average molecular weight is 426 g/mol. The molecular formula is C25H35N3O3. The van der Waals surface area contributed by atoms with Gasteiger partial charge in [-0.15, -0.1) is 0 Å². The second-order valence-corrected chi connectivity index (χ2v) is 8.02. The van der Waals surface area contributed by atoms with Gasteiger partial charge in [-0.05, 0) is 76.3 Å². The molecule has 168 valence electrons. The van der Waals surface area contributed by atoms with Crippen molar-refractivity contribution in [2.75, 3.05) is 25.6 Å². The Kier molecular flexibility index (Phi) is 8.59. The fourth-order valence-corrected chi connectivity index (χ4v) is 3.81. The lowest BCUT2D eigenvalue weighted by molar-refractivity contribution is 0.288. The molecule has 3 rings (SSSR count). The number of nitrogens with zero attached hydrogens (tertiary/aromatic N) is 1. The predicted octanol–water partition coefficient (Wildman–Crippen LogP) is 5.48. The molecule has 0 aliphatic carbocycles. The van der Waals surface area contributed by atoms with Gasteiger partial charge in [0.15, 0.2) is 11.5 Å². The normalized spacial score (nSPS) is 12.1. The zero-order valence-electron chi connectivity index (χ0n) is 18.9. The smallest absolute Gasteiger partial charge is 0.170 e. The molecule has 31 heavy (non-hydrogen) atoms. The maximum Gasteiger partial charge on any atom is 0.170 e. The van der Waals surface area contributed by atoms with Gasteiger partial charge >= 0.3 is 0 Å². The Hall–Kier alpha value is -2.73. The van der Waals surface area contributed by atoms with Crippen LogP contribution in [0.4, 0.5) is 5.69 Å². The predicted molar refractivity (Wildman–Crippen MR) is 126 cm³/mol. The highest BCUT2D eigenvalue weighted by Gasteiger charge is 2.18. The third kappa shape index (κ3) is 6.14. The second-order valence-electron chi connectivity index (χ2n) is 8.02. The lowest BCUT2D eigenvalue weighted by atomic mass is 10.1. The van der Waals surface area contributed by atoms with Crippen LogP contribution in [0.3, 0.4) is 0 Å². The molecule has 0 fully saturated rings. The van der Waals surface area contributed by atoms with Gasteiger partial charge in [0.2, 0.25) is 0 Å². The number of methoxy groups -OCH3 is 1. The van der Waals surface area contributed by atoms with E-state index in [2.05, 4.69) is 24.1 Å². The molecule has 0 aliphatic heterocycles. The van der Waals surface area contributed by atoms with Crippen LogP contribution >= 0.6 is 0 Å². The Morgan fingerprint density at radius 3 is 2.81 bits per heavy atom. The van der Waals surface area contributed by atoms with E-state index in [1.807, 2.05) is 30.5 Å². The Bertz CT molecular complexity index is 941. The zero-order chi connectivity index (χ0) is 22.1. The SMILES string of the molecule is COc1cc(NC(C)CCCN)c2nccc(C)c2c1OCCCCCc1ccco1. The Morgan fingerprint density at radius 2 is 2.06 bits per heavy atom. The van der Waals surface area contributed by atoms with Crippen LogP contribution < -0.4 is 20.5 Å². The van der Waals surface area contributed by atoms with Gasteiger partial charge in [0.25, 0.3) is 0 Å². The number of furan rings is 1. The largest absolute Gasteiger partial charge is 0.493 e. The highest BCUT2D eigenvalue weighted by atomic mass is 16.5. The highest BCUT2D eigenvalue weighted by molar-refractivity contribution is 5.99. The Balaban J connectivity index is 1.71. The van der Waals surface area contributed by atoms with Crippen molar-refractivity contribution in [1.29, 1.82) is 0 Å². The molecule has 2 heterocycles. The second kappa shape index (κ2) is 11.6. The number of anilines is 1. The van der Waals surface area contributed by atoms with Crippen molar-refractivity contribution in [3.63, 3.8) is 0 Å². The maximum atomic E-state index is 6.25. The number of pyridine rings is 1. The van der Waals surface area contributed by atoms with Crippen LogP contribution in [0.2, 0.25) is 0 Å². The monoisotopic (exact) mass is 425 g/mol. The van der Waals surface area contributed by atoms with Gasteiger partial charge in [-0.1, -0.05) is 0 Å². The molecule has 3 N–H and O–H groups in total. The van der Waals surface area contributed by atoms with Gasteiger partial charge < -0.3 is 24.9 Å². The van der Waals surface area contributed by atoms with Crippen LogP contribution in [0.1, 0.15) is 50.4 Å². The summed E-state index contributed by atoms with van der Waals surface area (Å²) in [5.41, 5.74) is 8.66. The molecule has 0 bridgehead atoms. The van der Waals surface area contributed by atoms with Gasteiger partial charge in [-0.25, -0.2) is 0 Å². The van der Waals surface area contributed by atoms with Crippen molar-refractivity contribution in [3.05, 3.63) is 48.0 Å². The van der Waals surface area contributed by atoms with Crippen molar-refractivity contribution in [1.82, 2.24) is 4.98 Å². The number of rotatable bonds is 13. The molecule has 1 atom stereocenters. The summed E-state index contributed by atoms with van der Waals surface area (Å²) in [5.74, 6) is 2.54. The summed E-state index contributed by atoms with van der Waals surface area (Å²) < 4.78 is 17.4. The summed E-state index contributed by atoms with van der Waals surface area (Å²) >= 11 is 0. The first-order valence-corrected chi connectivity index (χ1v) is 11.2. The summed E-state index contributed by atoms with van der Waals surface area (Å²) in [6.07, 6.45) is 9.66. The van der Waals surface area contributed by atoms with Gasteiger partial charge in [-0.2, -0.15) is 0 Å². The summed E-state index contributed by atoms with van der Waals surface area (Å²) in [6.45, 7) is 5.58. The fraction of sp³-hybridized carbons (Fsp3) is 0.480. The number of nitrogens with two attached hydrogens (primary N) is 1. The first-order chi connectivity index (χ1) is 15.1. The van der Waals surface area contributed by atoms with Crippen LogP contribution in [-0.2, 0) is 6.42 Å². The van der Waals surface area contributed by atoms with Crippen molar-refractivity contribution in [2.24, 2.45) is 5.73 Å². The number of aryl methyl sites for hydroxylation is 2. The maximum absolute atomic E-state index is 6.25. The standard InChI is InChI=1S/C25H35N3O3/c1-18-12-14-27-24-21(28-19(2)9-7-13-26)17-22(29-3)25(23(18)24)31-15-6-4-5-10-20-11-8-16-30-20/h8,11-12,14,16-17,19,28H,4-7,9-10,13,15,26H2,1-3H3. The van der Waals surface area contributed by atoms with E-state index < -0.39 is 0 Å². The van der Waals surface area contributed by atoms with Crippen molar-refractivity contribution in [3.8, 4) is 11.5 Å². The Labute approximate surface area is 185 Å². The van der Waals surface area contributed by atoms with Crippen LogP contribution in [-0.4, -0.2) is 31.3 Å². The highest BCUT2D eigenvalue weighted by Crippen LogP contribution is 2.41. The molecule has 0 amide bonds. The van der Waals surface area contributed by atoms with Crippen molar-refractivity contribution in [2.45, 2.75) is 58.4 Å². The van der Waals surface area contributed by atoms with Crippen LogP contribution in [0.15, 0.2) is 41.1 Å². The van der Waals surface area contributed by atoms with Crippen LogP contribution in [0, 0.1) is 6.92 Å². The number of ether oxygens (including phenoxy) is 2. The van der Waals surface area contributed by atoms with E-state index in [4.69, 9.17) is 19.6 Å². The van der Waals surface area contributed by atoms with Crippen molar-refractivity contribution >= 4 is 16.6 Å². The molecular weight excluding hydrogens is 390 g/mol. The molecule has 0 radical (unpaired) electrons. The molecule has 6 heteroatoms. The van der Waals surface area contributed by atoms with Crippen LogP contribution in [0.5, 0.6) is 11.5 Å². The molecule has 3 aromatic rings. The van der Waals surface area contributed by atoms with E-state index in [0.29, 0.717) is 19.2 Å². The van der Waals surface area contributed by atoms with Gasteiger partial charge in [0.1, 0.15) is 5.76 Å². The van der Waals surface area contributed by atoms with E-state index >= 15 is 0 Å². The lowest BCUT2D eigenvalue weighted by Crippen LogP contribution is -2.17. The molecule has 1 aromatic carbocycles. The average Bonchev–Trinajstić information content (AvgIpc) is 3.29. The number of fused-ring (bicyclic) bond motifs is 1. The number of hydrogen-bond acceptors (Lipinski definition) is 6. The first kappa shape index (κ1) is 22.9. The summed E-state index contributed by atoms with van der Waals surface area (Å²) in [5, 5.41) is 4.59. The molecule has 6 nitrogen and oxygen atoms in total. The number of hydrogen-bond donors (Lipinski definition) is 2. The van der Waals surface area contributed by atoms with E-state index in [9.17, 15) is 0 Å². The Morgan fingerprint density at radius 1 is 1.19 bits per heavy atom. The molecule has 0 saturated carbocycles. The minimum atomic E-state index is 0.291. The summed E-state index contributed by atoms with van der Waals surface area (Å²) in [4.78, 5) is 4.66. The number of benzene rings is 1. The van der Waals surface area contributed by atoms with E-state index in [1.165, 1.54) is 0 Å². The van der Waals surface area contributed by atoms with E-state index in [1.54, 1.807) is 13.4 Å². The van der Waals surface area contributed by atoms with Gasteiger partial charge in [-0.3, -0.25) is 4.98 Å². The fourth-order valence-electron chi connectivity index (χ4n) is 3.81. The minimum absolute atomic E-state index is 0.291. The molecule has 0 aliphatic rings. The third-order valence-corrected chi connectivity index (χ3v) is 5.50. The first-order valence-electron chi connectivity index (χ1n) is 11.2. The minimum Gasteiger partial charge on any atom is -0.493 e. The quantitative estimate of drug-likeness (QED) is 0.353. The lowest BCUT2D eigenvalue weighted by Gasteiger charge is -2.20. The van der Waals surface area contributed by atoms with Gasteiger partial charge in [0.05, 0.1) is 36.6 Å². The van der Waals surface area contributed by atoms with E-state index in [-0.39, 0.29) is 0 Å². The zero-order valence-corrected chi connectivity index (χ0v) is 18.9. The summed E-state index contributed by atoms with van der Waals surface area (Å²) in [6, 6.07) is 8.26. The summed E-state index contributed by atoms with van der Waals surface area (Å²) in [7, 11) is 1.69. The van der Waals surface area contributed by atoms with Crippen LogP contribution in [0.25, 0.3) is 10.9 Å².